The second-order valence-electron chi connectivity index (χ2n) is 3.14. The van der Waals surface area contributed by atoms with Crippen LogP contribution in [0.25, 0.3) is 0 Å². The third kappa shape index (κ3) is 3.69. The lowest BCUT2D eigenvalue weighted by atomic mass is 10.3. The lowest BCUT2D eigenvalue weighted by Crippen LogP contribution is -1.98. The molecule has 0 aliphatic heterocycles. The van der Waals surface area contributed by atoms with E-state index in [0.717, 1.165) is 5.56 Å². The van der Waals surface area contributed by atoms with E-state index in [9.17, 15) is 0 Å². The molecule has 0 spiro atoms. The zero-order valence-electron chi connectivity index (χ0n) is 8.24. The van der Waals surface area contributed by atoms with Crippen molar-refractivity contribution in [1.29, 1.82) is 0 Å². The fraction of sp³-hybridized carbons (Fsp3) is 0.400. The molecule has 3 heteroatoms. The summed E-state index contributed by atoms with van der Waals surface area (Å²) in [6.07, 6.45) is 5.47. The van der Waals surface area contributed by atoms with Gasteiger partial charge in [0.1, 0.15) is 6.61 Å². The Morgan fingerprint density at radius 2 is 2.00 bits per heavy atom. The monoisotopic (exact) mass is 178 g/mol. The van der Waals surface area contributed by atoms with E-state index in [4.69, 9.17) is 4.74 Å². The van der Waals surface area contributed by atoms with Crippen molar-refractivity contribution in [2.45, 2.75) is 20.8 Å². The summed E-state index contributed by atoms with van der Waals surface area (Å²) < 4.78 is 5.27. The van der Waals surface area contributed by atoms with Crippen molar-refractivity contribution < 1.29 is 4.74 Å². The summed E-state index contributed by atoms with van der Waals surface area (Å²) in [6.45, 7) is 6.53. The Bertz CT molecular complexity index is 286. The van der Waals surface area contributed by atoms with Gasteiger partial charge in [0.15, 0.2) is 0 Å². The predicted molar refractivity (Wildman–Crippen MR) is 51.7 cm³/mol. The zero-order valence-corrected chi connectivity index (χ0v) is 8.24. The molecule has 3 nitrogen and oxygen atoms in total. The third-order valence-electron chi connectivity index (χ3n) is 1.46. The van der Waals surface area contributed by atoms with E-state index in [-0.39, 0.29) is 0 Å². The van der Waals surface area contributed by atoms with Crippen LogP contribution in [0.4, 0.5) is 0 Å². The largest absolute Gasteiger partial charge is 0.459 e. The first kappa shape index (κ1) is 9.71. The molecule has 1 aromatic rings. The van der Waals surface area contributed by atoms with Gasteiger partial charge in [-0.25, -0.2) is 9.97 Å². The number of allylic oxidation sites excluding steroid dienone is 1. The minimum Gasteiger partial charge on any atom is -0.459 e. The highest BCUT2D eigenvalue weighted by molar-refractivity contribution is 5.05. The number of rotatable bonds is 3. The first-order valence-electron chi connectivity index (χ1n) is 4.23. The molecule has 0 saturated heterocycles. The Hall–Kier alpha value is -1.38. The van der Waals surface area contributed by atoms with Gasteiger partial charge in [-0.05, 0) is 32.4 Å². The Morgan fingerprint density at radius 1 is 1.38 bits per heavy atom. The summed E-state index contributed by atoms with van der Waals surface area (Å²) in [4.78, 5) is 8.03. The van der Waals surface area contributed by atoms with E-state index in [0.29, 0.717) is 12.6 Å². The quantitative estimate of drug-likeness (QED) is 0.665. The zero-order chi connectivity index (χ0) is 9.68. The van der Waals surface area contributed by atoms with Crippen LogP contribution in [0, 0.1) is 6.92 Å². The van der Waals surface area contributed by atoms with Crippen LogP contribution in [-0.2, 0) is 0 Å². The highest BCUT2D eigenvalue weighted by atomic mass is 16.5. The van der Waals surface area contributed by atoms with Crippen LogP contribution in [0.5, 0.6) is 6.01 Å². The summed E-state index contributed by atoms with van der Waals surface area (Å²) in [5, 5.41) is 0. The molecule has 13 heavy (non-hydrogen) atoms. The van der Waals surface area contributed by atoms with Crippen molar-refractivity contribution >= 4 is 0 Å². The molecule has 0 bridgehead atoms. The smallest absolute Gasteiger partial charge is 0.316 e. The van der Waals surface area contributed by atoms with Crippen LogP contribution in [0.1, 0.15) is 19.4 Å². The van der Waals surface area contributed by atoms with Gasteiger partial charge in [-0.3, -0.25) is 0 Å². The van der Waals surface area contributed by atoms with Crippen LogP contribution >= 0.6 is 0 Å². The van der Waals surface area contributed by atoms with Gasteiger partial charge >= 0.3 is 6.01 Å². The molecule has 0 unspecified atom stereocenters. The van der Waals surface area contributed by atoms with Crippen LogP contribution < -0.4 is 4.74 Å². The van der Waals surface area contributed by atoms with E-state index < -0.39 is 0 Å². The van der Waals surface area contributed by atoms with Crippen molar-refractivity contribution in [2.75, 3.05) is 6.61 Å². The molecule has 0 saturated carbocycles. The number of hydrogen-bond acceptors (Lipinski definition) is 3. The van der Waals surface area contributed by atoms with Gasteiger partial charge in [0.2, 0.25) is 0 Å². The molecule has 1 aromatic heterocycles. The number of ether oxygens (including phenoxy) is 1. The molecular formula is C10H14N2O. The average molecular weight is 178 g/mol. The highest BCUT2D eigenvalue weighted by Gasteiger charge is 1.93. The SMILES string of the molecule is CC(C)=CCOc1ncc(C)cn1. The minimum absolute atomic E-state index is 0.433. The summed E-state index contributed by atoms with van der Waals surface area (Å²) in [6, 6.07) is 0.433. The highest BCUT2D eigenvalue weighted by Crippen LogP contribution is 2.01. The lowest BCUT2D eigenvalue weighted by molar-refractivity contribution is 0.332. The maximum Gasteiger partial charge on any atom is 0.316 e. The van der Waals surface area contributed by atoms with Crippen LogP contribution in [0.3, 0.4) is 0 Å². The molecule has 0 aliphatic rings. The Balaban J connectivity index is 2.46. The molecule has 1 rings (SSSR count). The van der Waals surface area contributed by atoms with Gasteiger partial charge in [0.25, 0.3) is 0 Å². The molecular weight excluding hydrogens is 164 g/mol. The first-order chi connectivity index (χ1) is 6.18. The molecule has 0 radical (unpaired) electrons. The van der Waals surface area contributed by atoms with Gasteiger partial charge in [-0.15, -0.1) is 0 Å². The van der Waals surface area contributed by atoms with E-state index in [1.54, 1.807) is 12.4 Å². The summed E-state index contributed by atoms with van der Waals surface area (Å²) in [7, 11) is 0. The van der Waals surface area contributed by atoms with Crippen LogP contribution in [0.15, 0.2) is 24.0 Å². The maximum atomic E-state index is 5.27. The number of aryl methyl sites for hydroxylation is 1. The molecule has 1 heterocycles. The number of nitrogens with zero attached hydrogens (tertiary/aromatic N) is 2. The molecule has 0 N–H and O–H groups in total. The number of aromatic nitrogens is 2. The Labute approximate surface area is 78.5 Å². The van der Waals surface area contributed by atoms with Gasteiger partial charge < -0.3 is 4.74 Å². The fourth-order valence-corrected chi connectivity index (χ4v) is 0.738. The van der Waals surface area contributed by atoms with Crippen molar-refractivity contribution in [2.24, 2.45) is 0 Å². The Kier molecular flexibility index (Phi) is 3.43. The van der Waals surface area contributed by atoms with E-state index in [1.165, 1.54) is 5.57 Å². The van der Waals surface area contributed by atoms with Gasteiger partial charge in [0, 0.05) is 12.4 Å². The van der Waals surface area contributed by atoms with Crippen LogP contribution in [0.2, 0.25) is 0 Å². The summed E-state index contributed by atoms with van der Waals surface area (Å²) >= 11 is 0. The number of hydrogen-bond donors (Lipinski definition) is 0. The van der Waals surface area contributed by atoms with Crippen molar-refractivity contribution in [3.8, 4) is 6.01 Å². The minimum atomic E-state index is 0.433. The van der Waals surface area contributed by atoms with Crippen molar-refractivity contribution in [3.63, 3.8) is 0 Å². The van der Waals surface area contributed by atoms with E-state index >= 15 is 0 Å². The molecule has 0 fully saturated rings. The normalized spacial score (nSPS) is 9.46. The van der Waals surface area contributed by atoms with Crippen molar-refractivity contribution in [3.05, 3.63) is 29.6 Å². The van der Waals surface area contributed by atoms with Crippen molar-refractivity contribution in [1.82, 2.24) is 9.97 Å². The van der Waals surface area contributed by atoms with Crippen LogP contribution in [-0.4, -0.2) is 16.6 Å². The second-order valence-corrected chi connectivity index (χ2v) is 3.14. The average Bonchev–Trinajstić information content (AvgIpc) is 2.08. The molecule has 70 valence electrons. The Morgan fingerprint density at radius 3 is 2.54 bits per heavy atom. The molecule has 0 aromatic carbocycles. The third-order valence-corrected chi connectivity index (χ3v) is 1.46. The summed E-state index contributed by atoms with van der Waals surface area (Å²) in [5.74, 6) is 0. The van der Waals surface area contributed by atoms with Gasteiger partial charge in [-0.1, -0.05) is 5.57 Å². The van der Waals surface area contributed by atoms with Gasteiger partial charge in [-0.2, -0.15) is 0 Å². The topological polar surface area (TPSA) is 35.0 Å². The first-order valence-corrected chi connectivity index (χ1v) is 4.23. The van der Waals surface area contributed by atoms with E-state index in [1.807, 2.05) is 26.8 Å². The standard InChI is InChI=1S/C10H14N2O/c1-8(2)4-5-13-10-11-6-9(3)7-12-10/h4,6-7H,5H2,1-3H3. The van der Waals surface area contributed by atoms with Gasteiger partial charge in [0.05, 0.1) is 0 Å². The second kappa shape index (κ2) is 4.60. The fourth-order valence-electron chi connectivity index (χ4n) is 0.738. The lowest BCUT2D eigenvalue weighted by Gasteiger charge is -2.00. The summed E-state index contributed by atoms with van der Waals surface area (Å²) in [5.41, 5.74) is 2.27. The van der Waals surface area contributed by atoms with E-state index in [2.05, 4.69) is 9.97 Å². The predicted octanol–water partition coefficient (Wildman–Crippen LogP) is 2.13. The molecule has 0 amide bonds. The molecule has 0 aliphatic carbocycles. The molecule has 0 atom stereocenters. The maximum absolute atomic E-state index is 5.27.